The molecule has 0 radical (unpaired) electrons. The van der Waals surface area contributed by atoms with Crippen LogP contribution in [0, 0.1) is 0 Å². The van der Waals surface area contributed by atoms with Crippen LogP contribution < -0.4 is 4.90 Å². The van der Waals surface area contributed by atoms with Crippen molar-refractivity contribution in [1.29, 1.82) is 0 Å². The van der Waals surface area contributed by atoms with Crippen molar-refractivity contribution in [2.75, 3.05) is 25.5 Å². The van der Waals surface area contributed by atoms with Crippen molar-refractivity contribution in [3.8, 4) is 0 Å². The highest BCUT2D eigenvalue weighted by atomic mass is 16.3. The molecule has 0 saturated carbocycles. The Kier molecular flexibility index (Phi) is 5.32. The Labute approximate surface area is 152 Å². The Morgan fingerprint density at radius 3 is 2.69 bits per heavy atom. The number of aliphatic hydroxyl groups is 1. The maximum atomic E-state index is 12.5. The molecule has 0 unspecified atom stereocenters. The number of hydrogen-bond donors (Lipinski definition) is 1. The summed E-state index contributed by atoms with van der Waals surface area (Å²) in [6.07, 6.45) is 7.39. The van der Waals surface area contributed by atoms with Gasteiger partial charge >= 0.3 is 0 Å². The lowest BCUT2D eigenvalue weighted by Gasteiger charge is -2.26. The summed E-state index contributed by atoms with van der Waals surface area (Å²) in [5, 5.41) is 14.0. The van der Waals surface area contributed by atoms with Crippen LogP contribution in [0.1, 0.15) is 29.4 Å². The minimum atomic E-state index is -0.108. The monoisotopic (exact) mass is 356 g/mol. The number of carbonyl (C=O) groups is 1. The second kappa shape index (κ2) is 7.65. The molecule has 0 aromatic carbocycles. The van der Waals surface area contributed by atoms with Gasteiger partial charge in [-0.1, -0.05) is 0 Å². The number of aliphatic hydroxyl groups excluding tert-OH is 1. The quantitative estimate of drug-likeness (QED) is 0.799. The lowest BCUT2D eigenvalue weighted by atomic mass is 10.0. The summed E-state index contributed by atoms with van der Waals surface area (Å²) in [5.41, 5.74) is 3.53. The van der Waals surface area contributed by atoms with E-state index >= 15 is 0 Å². The summed E-state index contributed by atoms with van der Waals surface area (Å²) in [4.78, 5) is 24.6. The van der Waals surface area contributed by atoms with Crippen molar-refractivity contribution in [1.82, 2.24) is 24.6 Å². The van der Waals surface area contributed by atoms with Gasteiger partial charge in [0.05, 0.1) is 12.3 Å². The number of fused-ring (bicyclic) bond motifs is 1. The molecule has 138 valence electrons. The fraction of sp³-hybridized carbons (Fsp3) is 0.444. The Bertz CT molecular complexity index is 810. The first-order chi connectivity index (χ1) is 12.5. The molecule has 3 rings (SSSR count). The van der Waals surface area contributed by atoms with Crippen molar-refractivity contribution in [3.05, 3.63) is 41.0 Å². The van der Waals surface area contributed by atoms with Crippen molar-refractivity contribution in [3.63, 3.8) is 0 Å². The Morgan fingerprint density at radius 2 is 2.08 bits per heavy atom. The number of aryl methyl sites for hydroxylation is 1. The number of amides is 1. The zero-order valence-electron chi connectivity index (χ0n) is 15.4. The summed E-state index contributed by atoms with van der Waals surface area (Å²) < 4.78 is 1.92. The molecule has 2 aromatic rings. The number of anilines is 1. The summed E-state index contributed by atoms with van der Waals surface area (Å²) in [7, 11) is 3.75. The van der Waals surface area contributed by atoms with Gasteiger partial charge in [0.15, 0.2) is 0 Å². The van der Waals surface area contributed by atoms with E-state index in [1.165, 1.54) is 0 Å². The molecule has 1 aliphatic heterocycles. The van der Waals surface area contributed by atoms with Crippen molar-refractivity contribution < 1.29 is 9.90 Å². The van der Waals surface area contributed by atoms with Crippen LogP contribution in [0.25, 0.3) is 6.08 Å². The van der Waals surface area contributed by atoms with Gasteiger partial charge in [-0.25, -0.2) is 9.97 Å². The molecule has 8 nitrogen and oxygen atoms in total. The lowest BCUT2D eigenvalue weighted by molar-refractivity contribution is -0.126. The highest BCUT2D eigenvalue weighted by Crippen LogP contribution is 2.23. The van der Waals surface area contributed by atoms with Crippen LogP contribution in [0.3, 0.4) is 0 Å². The van der Waals surface area contributed by atoms with Crippen LogP contribution in [0.5, 0.6) is 0 Å². The molecule has 0 bridgehead atoms. The molecule has 26 heavy (non-hydrogen) atoms. The van der Waals surface area contributed by atoms with Crippen LogP contribution in [-0.2, 0) is 30.9 Å². The maximum absolute atomic E-state index is 12.5. The van der Waals surface area contributed by atoms with Crippen molar-refractivity contribution in [2.45, 2.75) is 33.0 Å². The molecule has 1 aliphatic rings. The van der Waals surface area contributed by atoms with Gasteiger partial charge in [0.25, 0.3) is 0 Å². The number of nitrogens with zero attached hydrogens (tertiary/aromatic N) is 6. The average molecular weight is 356 g/mol. The zero-order valence-corrected chi connectivity index (χ0v) is 15.4. The molecule has 0 atom stereocenters. The first-order valence-electron chi connectivity index (χ1n) is 8.68. The Balaban J connectivity index is 1.70. The fourth-order valence-electron chi connectivity index (χ4n) is 3.06. The first kappa shape index (κ1) is 18.1. The number of aromatic nitrogens is 4. The average Bonchev–Trinajstić information content (AvgIpc) is 3.03. The standard InChI is InChI=1S/C18H24N6O2/c1-4-24-16-7-8-23(11-14(16)15(12-25)21-24)17(26)6-5-13-9-19-18(20-10-13)22(2)3/h5-6,9-10,25H,4,7-8,11-12H2,1-3H3/b6-5+. The highest BCUT2D eigenvalue weighted by molar-refractivity contribution is 5.91. The normalized spacial score (nSPS) is 13.9. The number of rotatable bonds is 5. The van der Waals surface area contributed by atoms with Gasteiger partial charge < -0.3 is 14.9 Å². The number of carbonyl (C=O) groups excluding carboxylic acids is 1. The molecule has 3 heterocycles. The van der Waals surface area contributed by atoms with Crippen LogP contribution in [0.2, 0.25) is 0 Å². The first-order valence-corrected chi connectivity index (χ1v) is 8.68. The Morgan fingerprint density at radius 1 is 1.35 bits per heavy atom. The van der Waals surface area contributed by atoms with Crippen LogP contribution in [-0.4, -0.2) is 56.3 Å². The van der Waals surface area contributed by atoms with Gasteiger partial charge in [0.2, 0.25) is 11.9 Å². The Hall–Kier alpha value is -2.74. The molecule has 0 aliphatic carbocycles. The summed E-state index contributed by atoms with van der Waals surface area (Å²) in [6.45, 7) is 3.80. The second-order valence-electron chi connectivity index (χ2n) is 6.40. The van der Waals surface area contributed by atoms with Gasteiger partial charge in [-0.3, -0.25) is 9.48 Å². The molecule has 1 N–H and O–H groups in total. The third-order valence-electron chi connectivity index (χ3n) is 4.45. The minimum Gasteiger partial charge on any atom is -0.390 e. The van der Waals surface area contributed by atoms with Crippen molar-refractivity contribution >= 4 is 17.9 Å². The van der Waals surface area contributed by atoms with Gasteiger partial charge in [0.1, 0.15) is 0 Å². The van der Waals surface area contributed by atoms with Gasteiger partial charge in [-0.05, 0) is 13.0 Å². The van der Waals surface area contributed by atoms with Crippen LogP contribution >= 0.6 is 0 Å². The van der Waals surface area contributed by atoms with Crippen LogP contribution in [0.4, 0.5) is 5.95 Å². The van der Waals surface area contributed by atoms with E-state index in [2.05, 4.69) is 15.1 Å². The van der Waals surface area contributed by atoms with Gasteiger partial charge in [-0.15, -0.1) is 0 Å². The van der Waals surface area contributed by atoms with E-state index in [-0.39, 0.29) is 12.5 Å². The largest absolute Gasteiger partial charge is 0.390 e. The molecular weight excluding hydrogens is 332 g/mol. The smallest absolute Gasteiger partial charge is 0.246 e. The van der Waals surface area contributed by atoms with E-state index < -0.39 is 0 Å². The fourth-order valence-corrected chi connectivity index (χ4v) is 3.06. The zero-order chi connectivity index (χ0) is 18.7. The summed E-state index contributed by atoms with van der Waals surface area (Å²) >= 11 is 0. The third-order valence-corrected chi connectivity index (χ3v) is 4.45. The van der Waals surface area contributed by atoms with E-state index in [9.17, 15) is 9.90 Å². The van der Waals surface area contributed by atoms with Gasteiger partial charge in [0, 0.05) is 75.4 Å². The summed E-state index contributed by atoms with van der Waals surface area (Å²) in [6, 6.07) is 0. The maximum Gasteiger partial charge on any atom is 0.246 e. The molecule has 2 aromatic heterocycles. The predicted octanol–water partition coefficient (Wildman–Crippen LogP) is 0.849. The second-order valence-corrected chi connectivity index (χ2v) is 6.40. The van der Waals surface area contributed by atoms with E-state index in [0.29, 0.717) is 24.7 Å². The molecule has 0 saturated heterocycles. The van der Waals surface area contributed by atoms with Crippen LogP contribution in [0.15, 0.2) is 18.5 Å². The predicted molar refractivity (Wildman–Crippen MR) is 98.3 cm³/mol. The third kappa shape index (κ3) is 3.60. The highest BCUT2D eigenvalue weighted by Gasteiger charge is 2.25. The van der Waals surface area contributed by atoms with Crippen molar-refractivity contribution in [2.24, 2.45) is 0 Å². The number of hydrogen-bond acceptors (Lipinski definition) is 6. The molecule has 8 heteroatoms. The molecule has 0 spiro atoms. The van der Waals surface area contributed by atoms with E-state index in [1.807, 2.05) is 30.6 Å². The van der Waals surface area contributed by atoms with E-state index in [0.717, 1.165) is 29.8 Å². The van der Waals surface area contributed by atoms with Gasteiger partial charge in [-0.2, -0.15) is 5.10 Å². The van der Waals surface area contributed by atoms with E-state index in [1.54, 1.807) is 29.4 Å². The summed E-state index contributed by atoms with van der Waals surface area (Å²) in [5.74, 6) is 0.557. The topological polar surface area (TPSA) is 87.4 Å². The molecule has 1 amide bonds. The molecular formula is C18H24N6O2. The minimum absolute atomic E-state index is 0.0690. The molecule has 0 fully saturated rings. The van der Waals surface area contributed by atoms with E-state index in [4.69, 9.17) is 0 Å². The lowest BCUT2D eigenvalue weighted by Crippen LogP contribution is -2.35. The SMILES string of the molecule is CCn1nc(CO)c2c1CCN(C(=O)/C=C/c1cnc(N(C)C)nc1)C2.